The third kappa shape index (κ3) is 4.41. The van der Waals surface area contributed by atoms with Crippen molar-refractivity contribution in [3.05, 3.63) is 77.4 Å². The molecule has 0 aliphatic heterocycles. The van der Waals surface area contributed by atoms with E-state index in [-0.39, 0.29) is 16.3 Å². The fourth-order valence-corrected chi connectivity index (χ4v) is 3.49. The van der Waals surface area contributed by atoms with Crippen molar-refractivity contribution in [1.29, 1.82) is 5.26 Å². The van der Waals surface area contributed by atoms with Crippen molar-refractivity contribution >= 4 is 15.8 Å². The number of hydrogen-bond donors (Lipinski definition) is 1. The highest BCUT2D eigenvalue weighted by atomic mass is 32.2. The molecule has 0 radical (unpaired) electrons. The Morgan fingerprint density at radius 3 is 2.40 bits per heavy atom. The fraction of sp³-hybridized carbons (Fsp3) is 0.158. The molecule has 6 heteroatoms. The van der Waals surface area contributed by atoms with Crippen LogP contribution in [0.15, 0.2) is 65.6 Å². The lowest BCUT2D eigenvalue weighted by Crippen LogP contribution is -2.31. The average Bonchev–Trinajstić information content (AvgIpc) is 2.59. The van der Waals surface area contributed by atoms with Gasteiger partial charge in [-0.15, -0.1) is 0 Å². The van der Waals surface area contributed by atoms with Gasteiger partial charge in [0.25, 0.3) is 0 Å². The first-order chi connectivity index (χ1) is 11.7. The SMILES string of the molecule is C=C(C(C)=O)[C@H](NS(=O)(=O)c1ccc(C)cc1)c1cccc(C#N)c1. The smallest absolute Gasteiger partial charge is 0.241 e. The Morgan fingerprint density at radius 1 is 1.20 bits per heavy atom. The summed E-state index contributed by atoms with van der Waals surface area (Å²) >= 11 is 0. The maximum Gasteiger partial charge on any atom is 0.241 e. The quantitative estimate of drug-likeness (QED) is 0.808. The van der Waals surface area contributed by atoms with E-state index in [4.69, 9.17) is 5.26 Å². The van der Waals surface area contributed by atoms with Gasteiger partial charge in [-0.1, -0.05) is 36.4 Å². The minimum absolute atomic E-state index is 0.0934. The largest absolute Gasteiger partial charge is 0.295 e. The molecular formula is C19H18N2O3S. The van der Waals surface area contributed by atoms with E-state index in [2.05, 4.69) is 11.3 Å². The molecule has 0 unspecified atom stereocenters. The van der Waals surface area contributed by atoms with Crippen molar-refractivity contribution in [1.82, 2.24) is 4.72 Å². The first-order valence-electron chi connectivity index (χ1n) is 7.53. The van der Waals surface area contributed by atoms with Crippen LogP contribution < -0.4 is 4.72 Å². The Hall–Kier alpha value is -2.75. The third-order valence-corrected chi connectivity index (χ3v) is 5.19. The molecule has 1 N–H and O–H groups in total. The van der Waals surface area contributed by atoms with Crippen molar-refractivity contribution in [3.8, 4) is 6.07 Å². The van der Waals surface area contributed by atoms with Crippen molar-refractivity contribution in [2.24, 2.45) is 0 Å². The topological polar surface area (TPSA) is 87.0 Å². The van der Waals surface area contributed by atoms with Crippen LogP contribution in [0.2, 0.25) is 0 Å². The van der Waals surface area contributed by atoms with Crippen LogP contribution in [0.1, 0.15) is 29.7 Å². The predicted molar refractivity (Wildman–Crippen MR) is 95.2 cm³/mol. The molecule has 5 nitrogen and oxygen atoms in total. The van der Waals surface area contributed by atoms with Gasteiger partial charge >= 0.3 is 0 Å². The van der Waals surface area contributed by atoms with Gasteiger partial charge in [-0.25, -0.2) is 8.42 Å². The lowest BCUT2D eigenvalue weighted by Gasteiger charge is -2.20. The Bertz CT molecular complexity index is 955. The Morgan fingerprint density at radius 2 is 1.84 bits per heavy atom. The number of hydrogen-bond acceptors (Lipinski definition) is 4. The number of sulfonamides is 1. The highest BCUT2D eigenvalue weighted by molar-refractivity contribution is 7.89. The second-order valence-corrected chi connectivity index (χ2v) is 7.40. The number of carbonyl (C=O) groups excluding carboxylic acids is 1. The summed E-state index contributed by atoms with van der Waals surface area (Å²) in [6.45, 7) is 6.90. The lowest BCUT2D eigenvalue weighted by molar-refractivity contribution is -0.113. The van der Waals surface area contributed by atoms with Crippen molar-refractivity contribution in [2.45, 2.75) is 24.8 Å². The second kappa shape index (κ2) is 7.43. The summed E-state index contributed by atoms with van der Waals surface area (Å²) in [7, 11) is -3.87. The molecule has 0 saturated carbocycles. The average molecular weight is 354 g/mol. The van der Waals surface area contributed by atoms with E-state index >= 15 is 0 Å². The molecule has 0 aliphatic carbocycles. The van der Waals surface area contributed by atoms with Gasteiger partial charge in [-0.3, -0.25) is 4.79 Å². The Balaban J connectivity index is 2.46. The van der Waals surface area contributed by atoms with Crippen LogP contribution in [-0.4, -0.2) is 14.2 Å². The Labute approximate surface area is 147 Å². The van der Waals surface area contributed by atoms with Crippen LogP contribution in [0.3, 0.4) is 0 Å². The molecule has 0 fully saturated rings. The molecular weight excluding hydrogens is 336 g/mol. The van der Waals surface area contributed by atoms with Gasteiger partial charge in [0.2, 0.25) is 10.0 Å². The van der Waals surface area contributed by atoms with Crippen LogP contribution in [0.4, 0.5) is 0 Å². The number of ketones is 1. The van der Waals surface area contributed by atoms with Crippen LogP contribution in [-0.2, 0) is 14.8 Å². The molecule has 1 atom stereocenters. The first kappa shape index (κ1) is 18.6. The summed E-state index contributed by atoms with van der Waals surface area (Å²) in [5.74, 6) is -0.334. The lowest BCUT2D eigenvalue weighted by atomic mass is 9.97. The van der Waals surface area contributed by atoms with Gasteiger partial charge < -0.3 is 0 Å². The third-order valence-electron chi connectivity index (χ3n) is 3.75. The van der Waals surface area contributed by atoms with Gasteiger partial charge in [0.15, 0.2) is 5.78 Å². The molecule has 2 aromatic rings. The van der Waals surface area contributed by atoms with E-state index in [0.717, 1.165) is 5.56 Å². The van der Waals surface area contributed by atoms with Crippen molar-refractivity contribution < 1.29 is 13.2 Å². The molecule has 0 heterocycles. The summed E-state index contributed by atoms with van der Waals surface area (Å²) in [4.78, 5) is 11.9. The van der Waals surface area contributed by atoms with E-state index in [1.54, 1.807) is 30.3 Å². The maximum absolute atomic E-state index is 12.7. The normalized spacial score (nSPS) is 12.2. The molecule has 128 valence electrons. The van der Waals surface area contributed by atoms with Gasteiger partial charge in [0.1, 0.15) is 0 Å². The molecule has 2 rings (SSSR count). The highest BCUT2D eigenvalue weighted by Gasteiger charge is 2.25. The minimum Gasteiger partial charge on any atom is -0.295 e. The standard InChI is InChI=1S/C19H18N2O3S/c1-13-7-9-18(10-8-13)25(23,24)21-19(14(2)15(3)22)17-6-4-5-16(11-17)12-20/h4-11,19,21H,2H2,1,3H3/t19-/m0/s1. The number of Topliss-reactive ketones (excluding diaryl/α,β-unsaturated/α-hetero) is 1. The molecule has 0 saturated heterocycles. The number of nitrogens with zero attached hydrogens (tertiary/aromatic N) is 1. The summed E-state index contributed by atoms with van der Waals surface area (Å²) in [5.41, 5.74) is 1.89. The van der Waals surface area contributed by atoms with Gasteiger partial charge in [-0.2, -0.15) is 9.98 Å². The number of benzene rings is 2. The van der Waals surface area contributed by atoms with Gasteiger partial charge in [-0.05, 0) is 43.7 Å². The number of aryl methyl sites for hydroxylation is 1. The van der Waals surface area contributed by atoms with E-state index in [1.165, 1.54) is 25.1 Å². The molecule has 0 aromatic heterocycles. The monoisotopic (exact) mass is 354 g/mol. The molecule has 0 aliphatic rings. The Kier molecular flexibility index (Phi) is 5.52. The van der Waals surface area contributed by atoms with E-state index in [9.17, 15) is 13.2 Å². The number of rotatable bonds is 6. The molecule has 25 heavy (non-hydrogen) atoms. The zero-order valence-corrected chi connectivity index (χ0v) is 14.8. The number of carbonyl (C=O) groups is 1. The summed E-state index contributed by atoms with van der Waals surface area (Å²) < 4.78 is 27.9. The van der Waals surface area contributed by atoms with Gasteiger partial charge in [0, 0.05) is 5.57 Å². The van der Waals surface area contributed by atoms with Crippen LogP contribution >= 0.6 is 0 Å². The zero-order valence-electron chi connectivity index (χ0n) is 14.0. The molecule has 0 bridgehead atoms. The summed E-state index contributed by atoms with van der Waals surface area (Å²) in [6.07, 6.45) is 0. The molecule has 0 amide bonds. The maximum atomic E-state index is 12.7. The van der Waals surface area contributed by atoms with Crippen LogP contribution in [0.5, 0.6) is 0 Å². The van der Waals surface area contributed by atoms with E-state index in [1.807, 2.05) is 13.0 Å². The van der Waals surface area contributed by atoms with Crippen LogP contribution in [0.25, 0.3) is 0 Å². The van der Waals surface area contributed by atoms with Crippen LogP contribution in [0, 0.1) is 18.3 Å². The first-order valence-corrected chi connectivity index (χ1v) is 9.01. The van der Waals surface area contributed by atoms with Gasteiger partial charge in [0.05, 0.1) is 22.6 Å². The van der Waals surface area contributed by atoms with Crippen molar-refractivity contribution in [3.63, 3.8) is 0 Å². The molecule has 0 spiro atoms. The van der Waals surface area contributed by atoms with E-state index < -0.39 is 16.1 Å². The summed E-state index contributed by atoms with van der Waals surface area (Å²) in [5, 5.41) is 9.05. The van der Waals surface area contributed by atoms with E-state index in [0.29, 0.717) is 11.1 Å². The minimum atomic E-state index is -3.87. The second-order valence-electron chi connectivity index (χ2n) is 5.69. The number of nitrogens with one attached hydrogen (secondary N) is 1. The predicted octanol–water partition coefficient (Wildman–Crippen LogP) is 3.03. The summed E-state index contributed by atoms with van der Waals surface area (Å²) in [6, 6.07) is 13.9. The fourth-order valence-electron chi connectivity index (χ4n) is 2.27. The number of nitriles is 1. The molecule has 2 aromatic carbocycles. The zero-order chi connectivity index (χ0) is 18.6. The van der Waals surface area contributed by atoms with Crippen molar-refractivity contribution in [2.75, 3.05) is 0 Å². The highest BCUT2D eigenvalue weighted by Crippen LogP contribution is 2.25.